The molecular formula is C13H16N2O3S2. The minimum Gasteiger partial charge on any atom is -0.497 e. The maximum atomic E-state index is 11.7. The van der Waals surface area contributed by atoms with Crippen LogP contribution in [0.4, 0.5) is 0 Å². The molecule has 0 spiro atoms. The van der Waals surface area contributed by atoms with Crippen molar-refractivity contribution in [3.63, 3.8) is 0 Å². The maximum absolute atomic E-state index is 11.7. The molecule has 2 saturated heterocycles. The van der Waals surface area contributed by atoms with Crippen LogP contribution in [0.3, 0.4) is 0 Å². The third-order valence-corrected chi connectivity index (χ3v) is 6.88. The standard InChI is InChI=1S/C13H16N2O3S2/c1-18-10-4-2-9(3-5-10)6-15-11-7-20(16,17)8-12(11)19-13(15)14/h2-5,11-12,14H,6-8H2,1H3/t11-,12+/m0/s1. The van der Waals surface area contributed by atoms with Crippen molar-refractivity contribution >= 4 is 26.8 Å². The fourth-order valence-electron chi connectivity index (χ4n) is 2.68. The van der Waals surface area contributed by atoms with Crippen LogP contribution >= 0.6 is 11.8 Å². The lowest BCUT2D eigenvalue weighted by Crippen LogP contribution is -2.36. The first-order valence-electron chi connectivity index (χ1n) is 6.34. The molecular weight excluding hydrogens is 296 g/mol. The number of thioether (sulfide) groups is 1. The summed E-state index contributed by atoms with van der Waals surface area (Å²) < 4.78 is 28.5. The van der Waals surface area contributed by atoms with Gasteiger partial charge in [-0.1, -0.05) is 23.9 Å². The number of nitrogens with zero attached hydrogens (tertiary/aromatic N) is 1. The second-order valence-electron chi connectivity index (χ2n) is 5.08. The lowest BCUT2D eigenvalue weighted by molar-refractivity contribution is 0.349. The van der Waals surface area contributed by atoms with Gasteiger partial charge in [-0.05, 0) is 17.7 Å². The molecule has 0 unspecified atom stereocenters. The van der Waals surface area contributed by atoms with Gasteiger partial charge in [-0.25, -0.2) is 8.42 Å². The number of benzene rings is 1. The van der Waals surface area contributed by atoms with Crippen LogP contribution in [0.5, 0.6) is 5.75 Å². The third-order valence-electron chi connectivity index (χ3n) is 3.71. The first-order valence-corrected chi connectivity index (χ1v) is 9.04. The molecule has 1 aromatic rings. The third kappa shape index (κ3) is 2.52. The molecule has 1 N–H and O–H groups in total. The first kappa shape index (κ1) is 13.8. The minimum absolute atomic E-state index is 0.0192. The summed E-state index contributed by atoms with van der Waals surface area (Å²) in [6.45, 7) is 0.576. The largest absolute Gasteiger partial charge is 0.497 e. The van der Waals surface area contributed by atoms with Crippen LogP contribution in [0.25, 0.3) is 0 Å². The summed E-state index contributed by atoms with van der Waals surface area (Å²) in [4.78, 5) is 1.90. The van der Waals surface area contributed by atoms with E-state index in [2.05, 4.69) is 0 Å². The van der Waals surface area contributed by atoms with Gasteiger partial charge in [0.25, 0.3) is 0 Å². The van der Waals surface area contributed by atoms with Crippen molar-refractivity contribution in [1.29, 1.82) is 5.41 Å². The van der Waals surface area contributed by atoms with Gasteiger partial charge in [-0.15, -0.1) is 0 Å². The molecule has 2 aliphatic heterocycles. The van der Waals surface area contributed by atoms with Crippen molar-refractivity contribution in [3.8, 4) is 5.75 Å². The molecule has 108 valence electrons. The Morgan fingerprint density at radius 3 is 2.70 bits per heavy atom. The SMILES string of the molecule is COc1ccc(CN2C(=N)S[C@@H]3CS(=O)(=O)C[C@@H]32)cc1. The fourth-order valence-corrected chi connectivity index (χ4v) is 6.51. The Morgan fingerprint density at radius 1 is 1.35 bits per heavy atom. The average molecular weight is 312 g/mol. The van der Waals surface area contributed by atoms with Gasteiger partial charge in [0.2, 0.25) is 0 Å². The summed E-state index contributed by atoms with van der Waals surface area (Å²) in [5, 5.41) is 8.53. The molecule has 1 aromatic carbocycles. The van der Waals surface area contributed by atoms with Crippen LogP contribution in [0, 0.1) is 5.41 Å². The van der Waals surface area contributed by atoms with Crippen LogP contribution in [-0.4, -0.2) is 48.4 Å². The number of hydrogen-bond donors (Lipinski definition) is 1. The molecule has 0 saturated carbocycles. The van der Waals surface area contributed by atoms with E-state index in [1.54, 1.807) is 7.11 Å². The summed E-state index contributed by atoms with van der Waals surface area (Å²) in [5.41, 5.74) is 1.06. The smallest absolute Gasteiger partial charge is 0.157 e. The van der Waals surface area contributed by atoms with Crippen LogP contribution < -0.4 is 4.74 Å². The van der Waals surface area contributed by atoms with Gasteiger partial charge in [0.1, 0.15) is 5.75 Å². The summed E-state index contributed by atoms with van der Waals surface area (Å²) in [5.74, 6) is 1.16. The van der Waals surface area contributed by atoms with Crippen LogP contribution in [-0.2, 0) is 16.4 Å². The molecule has 0 amide bonds. The molecule has 0 bridgehead atoms. The van der Waals surface area contributed by atoms with E-state index in [-0.39, 0.29) is 22.8 Å². The van der Waals surface area contributed by atoms with Crippen LogP contribution in [0.15, 0.2) is 24.3 Å². The van der Waals surface area contributed by atoms with Crippen LogP contribution in [0.2, 0.25) is 0 Å². The highest BCUT2D eigenvalue weighted by molar-refractivity contribution is 8.15. The Hall–Kier alpha value is -1.21. The highest BCUT2D eigenvalue weighted by atomic mass is 32.2. The monoisotopic (exact) mass is 312 g/mol. The van der Waals surface area contributed by atoms with E-state index < -0.39 is 9.84 Å². The normalized spacial score (nSPS) is 27.6. The Bertz CT molecular complexity index is 628. The molecule has 0 radical (unpaired) electrons. The molecule has 2 atom stereocenters. The topological polar surface area (TPSA) is 70.5 Å². The highest BCUT2D eigenvalue weighted by Gasteiger charge is 2.47. The second-order valence-corrected chi connectivity index (χ2v) is 8.46. The molecule has 2 aliphatic rings. The number of nitrogens with one attached hydrogen (secondary N) is 1. The van der Waals surface area contributed by atoms with Crippen LogP contribution in [0.1, 0.15) is 5.56 Å². The minimum atomic E-state index is -2.94. The van der Waals surface area contributed by atoms with Gasteiger partial charge in [-0.2, -0.15) is 0 Å². The maximum Gasteiger partial charge on any atom is 0.157 e. The van der Waals surface area contributed by atoms with Crippen molar-refractivity contribution in [2.75, 3.05) is 18.6 Å². The number of hydrogen-bond acceptors (Lipinski definition) is 5. The predicted octanol–water partition coefficient (Wildman–Crippen LogP) is 1.34. The number of amidine groups is 1. The van der Waals surface area contributed by atoms with Crippen molar-refractivity contribution < 1.29 is 13.2 Å². The van der Waals surface area contributed by atoms with Crippen molar-refractivity contribution in [3.05, 3.63) is 29.8 Å². The summed E-state index contributed by atoms with van der Waals surface area (Å²) in [6, 6.07) is 7.61. The van der Waals surface area contributed by atoms with Gasteiger partial charge in [0.15, 0.2) is 15.0 Å². The van der Waals surface area contributed by atoms with Gasteiger partial charge in [0, 0.05) is 11.8 Å². The Kier molecular flexibility index (Phi) is 3.41. The zero-order chi connectivity index (χ0) is 14.3. The van der Waals surface area contributed by atoms with E-state index in [0.29, 0.717) is 11.7 Å². The molecule has 7 heteroatoms. The van der Waals surface area contributed by atoms with Crippen molar-refractivity contribution in [2.45, 2.75) is 17.8 Å². The van der Waals surface area contributed by atoms with Gasteiger partial charge in [0.05, 0.1) is 24.7 Å². The van der Waals surface area contributed by atoms with E-state index >= 15 is 0 Å². The molecule has 0 aliphatic carbocycles. The van der Waals surface area contributed by atoms with Gasteiger partial charge < -0.3 is 9.64 Å². The van der Waals surface area contributed by atoms with E-state index in [0.717, 1.165) is 11.3 Å². The average Bonchev–Trinajstić information content (AvgIpc) is 2.84. The van der Waals surface area contributed by atoms with Gasteiger partial charge in [-0.3, -0.25) is 5.41 Å². The highest BCUT2D eigenvalue weighted by Crippen LogP contribution is 2.38. The molecule has 0 aromatic heterocycles. The fraction of sp³-hybridized carbons (Fsp3) is 0.462. The number of ether oxygens (including phenoxy) is 1. The van der Waals surface area contributed by atoms with Crippen molar-refractivity contribution in [2.24, 2.45) is 0 Å². The Balaban J connectivity index is 1.77. The molecule has 5 nitrogen and oxygen atoms in total. The molecule has 3 rings (SSSR count). The Labute approximate surface area is 122 Å². The lowest BCUT2D eigenvalue weighted by Gasteiger charge is -2.23. The van der Waals surface area contributed by atoms with E-state index in [4.69, 9.17) is 10.1 Å². The summed E-state index contributed by atoms with van der Waals surface area (Å²) in [6.07, 6.45) is 0. The number of sulfone groups is 1. The number of methoxy groups -OCH3 is 1. The number of rotatable bonds is 3. The zero-order valence-corrected chi connectivity index (χ0v) is 12.7. The summed E-state index contributed by atoms with van der Waals surface area (Å²) in [7, 11) is -1.32. The quantitative estimate of drug-likeness (QED) is 0.912. The molecule has 2 heterocycles. The van der Waals surface area contributed by atoms with Gasteiger partial charge >= 0.3 is 0 Å². The van der Waals surface area contributed by atoms with E-state index in [1.165, 1.54) is 11.8 Å². The number of fused-ring (bicyclic) bond motifs is 1. The second kappa shape index (κ2) is 4.96. The Morgan fingerprint density at radius 2 is 2.05 bits per heavy atom. The predicted molar refractivity (Wildman–Crippen MR) is 80.1 cm³/mol. The molecule has 2 fully saturated rings. The summed E-state index contributed by atoms with van der Waals surface area (Å²) >= 11 is 1.38. The van der Waals surface area contributed by atoms with E-state index in [9.17, 15) is 8.42 Å². The van der Waals surface area contributed by atoms with Crippen molar-refractivity contribution in [1.82, 2.24) is 4.90 Å². The first-order chi connectivity index (χ1) is 9.48. The lowest BCUT2D eigenvalue weighted by atomic mass is 10.1. The molecule has 20 heavy (non-hydrogen) atoms. The zero-order valence-electron chi connectivity index (χ0n) is 11.1. The van der Waals surface area contributed by atoms with E-state index in [1.807, 2.05) is 29.2 Å².